The van der Waals surface area contributed by atoms with Crippen molar-refractivity contribution in [2.75, 3.05) is 17.7 Å². The largest absolute Gasteiger partial charge is 0.494 e. The third-order valence-electron chi connectivity index (χ3n) is 2.26. The molecule has 6 heteroatoms. The zero-order valence-electron chi connectivity index (χ0n) is 10.9. The highest BCUT2D eigenvalue weighted by molar-refractivity contribution is 8.01. The van der Waals surface area contributed by atoms with Crippen LogP contribution < -0.4 is 10.1 Å². The fourth-order valence-corrected chi connectivity index (χ4v) is 1.92. The molecule has 0 saturated heterocycles. The second-order valence-corrected chi connectivity index (χ2v) is 5.12. The highest BCUT2D eigenvalue weighted by Gasteiger charge is 2.14. The van der Waals surface area contributed by atoms with Gasteiger partial charge < -0.3 is 15.2 Å². The number of anilines is 1. The molecule has 1 amide bonds. The molecule has 1 unspecified atom stereocenters. The van der Waals surface area contributed by atoms with Crippen LogP contribution in [0.15, 0.2) is 24.3 Å². The van der Waals surface area contributed by atoms with Crippen molar-refractivity contribution in [1.82, 2.24) is 0 Å². The number of aliphatic carboxylic acids is 1. The van der Waals surface area contributed by atoms with Crippen molar-refractivity contribution < 1.29 is 19.4 Å². The first-order valence-corrected chi connectivity index (χ1v) is 6.95. The van der Waals surface area contributed by atoms with E-state index >= 15 is 0 Å². The van der Waals surface area contributed by atoms with Crippen LogP contribution in [0.5, 0.6) is 5.75 Å². The maximum absolute atomic E-state index is 11.8. The van der Waals surface area contributed by atoms with Gasteiger partial charge in [-0.25, -0.2) is 0 Å². The average Bonchev–Trinajstić information content (AvgIpc) is 2.38. The summed E-state index contributed by atoms with van der Waals surface area (Å²) in [4.78, 5) is 22.2. The van der Waals surface area contributed by atoms with Crippen molar-refractivity contribution >= 4 is 29.3 Å². The van der Waals surface area contributed by atoms with E-state index in [-0.39, 0.29) is 11.7 Å². The number of carbonyl (C=O) groups is 2. The monoisotopic (exact) mass is 283 g/mol. The van der Waals surface area contributed by atoms with Crippen molar-refractivity contribution in [3.8, 4) is 5.75 Å². The molecule has 0 aromatic heterocycles. The van der Waals surface area contributed by atoms with Gasteiger partial charge in [-0.2, -0.15) is 0 Å². The Kier molecular flexibility index (Phi) is 6.21. The summed E-state index contributed by atoms with van der Waals surface area (Å²) in [5, 5.41) is 10.9. The van der Waals surface area contributed by atoms with Gasteiger partial charge in [-0.3, -0.25) is 9.59 Å². The maximum atomic E-state index is 11.8. The Morgan fingerprint density at radius 3 is 2.53 bits per heavy atom. The zero-order chi connectivity index (χ0) is 14.3. The summed E-state index contributed by atoms with van der Waals surface area (Å²) in [5.41, 5.74) is 0.663. The Labute approximate surface area is 116 Å². The molecule has 1 rings (SSSR count). The molecule has 0 bridgehead atoms. The summed E-state index contributed by atoms with van der Waals surface area (Å²) in [6.07, 6.45) is 0. The van der Waals surface area contributed by atoms with Gasteiger partial charge in [-0.15, -0.1) is 11.8 Å². The van der Waals surface area contributed by atoms with Gasteiger partial charge in [-0.1, -0.05) is 0 Å². The number of ether oxygens (including phenoxy) is 1. The number of carboxylic acid groups (broad SMARTS) is 1. The van der Waals surface area contributed by atoms with Crippen LogP contribution in [-0.4, -0.2) is 34.6 Å². The number of rotatable bonds is 7. The predicted molar refractivity (Wildman–Crippen MR) is 75.8 cm³/mol. The van der Waals surface area contributed by atoms with Crippen molar-refractivity contribution in [3.05, 3.63) is 24.3 Å². The summed E-state index contributed by atoms with van der Waals surface area (Å²) in [6, 6.07) is 7.04. The van der Waals surface area contributed by atoms with Crippen molar-refractivity contribution in [2.24, 2.45) is 0 Å². The molecule has 19 heavy (non-hydrogen) atoms. The van der Waals surface area contributed by atoms with Gasteiger partial charge in [0.05, 0.1) is 17.6 Å². The lowest BCUT2D eigenvalue weighted by atomic mass is 10.3. The van der Waals surface area contributed by atoms with E-state index < -0.39 is 11.2 Å². The Bertz CT molecular complexity index is 433. The lowest BCUT2D eigenvalue weighted by molar-refractivity contribution is -0.133. The lowest BCUT2D eigenvalue weighted by Crippen LogP contribution is -2.23. The highest BCUT2D eigenvalue weighted by Crippen LogP contribution is 2.17. The second-order valence-electron chi connectivity index (χ2n) is 3.79. The first kappa shape index (κ1) is 15.4. The number of carbonyl (C=O) groups excluding carboxylic acids is 1. The minimum atomic E-state index is -0.925. The Balaban J connectivity index is 2.49. The highest BCUT2D eigenvalue weighted by atomic mass is 32.2. The predicted octanol–water partition coefficient (Wildman–Crippen LogP) is 2.23. The summed E-state index contributed by atoms with van der Waals surface area (Å²) in [7, 11) is 0. The van der Waals surface area contributed by atoms with E-state index in [2.05, 4.69) is 5.32 Å². The van der Waals surface area contributed by atoms with Crippen molar-refractivity contribution in [2.45, 2.75) is 19.1 Å². The molecule has 0 radical (unpaired) electrons. The normalized spacial score (nSPS) is 11.7. The Morgan fingerprint density at radius 2 is 2.00 bits per heavy atom. The number of hydrogen-bond acceptors (Lipinski definition) is 4. The molecule has 5 nitrogen and oxygen atoms in total. The first-order valence-electron chi connectivity index (χ1n) is 5.90. The molecule has 104 valence electrons. The molecule has 1 atom stereocenters. The van der Waals surface area contributed by atoms with Gasteiger partial charge in [0.1, 0.15) is 5.75 Å². The number of amides is 1. The number of benzene rings is 1. The first-order chi connectivity index (χ1) is 9.02. The van der Waals surface area contributed by atoms with E-state index in [1.165, 1.54) is 0 Å². The topological polar surface area (TPSA) is 75.6 Å². The SMILES string of the molecule is CCOc1ccc(NC(=O)C(C)SCC(=O)O)cc1. The molecule has 0 spiro atoms. The van der Waals surface area contributed by atoms with Gasteiger partial charge in [0, 0.05) is 5.69 Å². The number of thioether (sulfide) groups is 1. The number of hydrogen-bond donors (Lipinski definition) is 2. The molecule has 1 aromatic carbocycles. The minimum Gasteiger partial charge on any atom is -0.494 e. The van der Waals surface area contributed by atoms with Crippen LogP contribution in [0.4, 0.5) is 5.69 Å². The van der Waals surface area contributed by atoms with Crippen LogP contribution in [0, 0.1) is 0 Å². The fraction of sp³-hybridized carbons (Fsp3) is 0.385. The maximum Gasteiger partial charge on any atom is 0.313 e. The lowest BCUT2D eigenvalue weighted by Gasteiger charge is -2.11. The van der Waals surface area contributed by atoms with Crippen LogP contribution in [0.25, 0.3) is 0 Å². The average molecular weight is 283 g/mol. The third-order valence-corrected chi connectivity index (χ3v) is 3.39. The van der Waals surface area contributed by atoms with E-state index in [1.54, 1.807) is 31.2 Å². The van der Waals surface area contributed by atoms with Gasteiger partial charge in [0.2, 0.25) is 5.91 Å². The molecule has 0 aliphatic rings. The second kappa shape index (κ2) is 7.68. The van der Waals surface area contributed by atoms with E-state index in [1.807, 2.05) is 6.92 Å². The summed E-state index contributed by atoms with van der Waals surface area (Å²) < 4.78 is 5.30. The molecular formula is C13H17NO4S. The summed E-state index contributed by atoms with van der Waals surface area (Å²) in [5.74, 6) is -0.479. The van der Waals surface area contributed by atoms with Gasteiger partial charge in [-0.05, 0) is 38.1 Å². The fourth-order valence-electron chi connectivity index (χ4n) is 1.32. The molecule has 0 aliphatic heterocycles. The molecular weight excluding hydrogens is 266 g/mol. The molecule has 1 aromatic rings. The van der Waals surface area contributed by atoms with Crippen molar-refractivity contribution in [1.29, 1.82) is 0 Å². The quantitative estimate of drug-likeness (QED) is 0.802. The van der Waals surface area contributed by atoms with Crippen LogP contribution in [0.2, 0.25) is 0 Å². The Morgan fingerprint density at radius 1 is 1.37 bits per heavy atom. The van der Waals surface area contributed by atoms with Gasteiger partial charge in [0.25, 0.3) is 0 Å². The van der Waals surface area contributed by atoms with Gasteiger partial charge in [0.15, 0.2) is 0 Å². The zero-order valence-corrected chi connectivity index (χ0v) is 11.7. The molecule has 2 N–H and O–H groups in total. The Hall–Kier alpha value is -1.69. The smallest absolute Gasteiger partial charge is 0.313 e. The summed E-state index contributed by atoms with van der Waals surface area (Å²) >= 11 is 1.09. The van der Waals surface area contributed by atoms with Crippen molar-refractivity contribution in [3.63, 3.8) is 0 Å². The van der Waals surface area contributed by atoms with Crippen LogP contribution in [0.1, 0.15) is 13.8 Å². The van der Waals surface area contributed by atoms with Crippen LogP contribution in [-0.2, 0) is 9.59 Å². The molecule has 0 heterocycles. The van der Waals surface area contributed by atoms with Crippen LogP contribution >= 0.6 is 11.8 Å². The number of carboxylic acids is 1. The van der Waals surface area contributed by atoms with Gasteiger partial charge >= 0.3 is 5.97 Å². The van der Waals surface area contributed by atoms with E-state index in [0.717, 1.165) is 17.5 Å². The van der Waals surface area contributed by atoms with E-state index in [0.29, 0.717) is 12.3 Å². The van der Waals surface area contributed by atoms with E-state index in [9.17, 15) is 9.59 Å². The number of nitrogens with one attached hydrogen (secondary N) is 1. The van der Waals surface area contributed by atoms with Crippen LogP contribution in [0.3, 0.4) is 0 Å². The molecule has 0 fully saturated rings. The standard InChI is InChI=1S/C13H17NO4S/c1-3-18-11-6-4-10(5-7-11)14-13(17)9(2)19-8-12(15)16/h4-7,9H,3,8H2,1-2H3,(H,14,17)(H,15,16). The molecule has 0 aliphatic carbocycles. The third kappa shape index (κ3) is 5.65. The minimum absolute atomic E-state index is 0.0855. The summed E-state index contributed by atoms with van der Waals surface area (Å²) in [6.45, 7) is 4.17. The molecule has 0 saturated carbocycles. The van der Waals surface area contributed by atoms with E-state index in [4.69, 9.17) is 9.84 Å².